The van der Waals surface area contributed by atoms with Crippen LogP contribution in [0.15, 0.2) is 78.9 Å². The second-order valence-corrected chi connectivity index (χ2v) is 6.80. The average Bonchev–Trinajstić information content (AvgIpc) is 3.37. The minimum Gasteiger partial charge on any atom is -0.351 e. The molecule has 0 fully saturated rings. The van der Waals surface area contributed by atoms with E-state index in [2.05, 4.69) is 20.5 Å². The maximum Gasteiger partial charge on any atom is 0.272 e. The third kappa shape index (κ3) is 3.30. The lowest BCUT2D eigenvalue weighted by Gasteiger charge is -2.07. The Morgan fingerprint density at radius 2 is 1.62 bits per heavy atom. The molecule has 0 aliphatic heterocycles. The summed E-state index contributed by atoms with van der Waals surface area (Å²) in [6.07, 6.45) is 3.91. The first-order chi connectivity index (χ1) is 14.3. The number of nitrogens with zero attached hydrogens (tertiary/aromatic N) is 1. The normalized spacial score (nSPS) is 11.4. The third-order valence-electron chi connectivity index (χ3n) is 4.90. The number of anilines is 1. The van der Waals surface area contributed by atoms with Gasteiger partial charge in [-0.1, -0.05) is 60.7 Å². The molecule has 0 bridgehead atoms. The predicted octanol–water partition coefficient (Wildman–Crippen LogP) is 5.47. The molecule has 0 saturated carbocycles. The molecule has 5 rings (SSSR count). The predicted molar refractivity (Wildman–Crippen MR) is 118 cm³/mol. The SMILES string of the molecule is O=C(Nc1ccccc1/C=C/c1n[nH]c2ccccc12)c1cc2ccccc2[nH]1. The topological polar surface area (TPSA) is 73.6 Å². The van der Waals surface area contributed by atoms with E-state index >= 15 is 0 Å². The van der Waals surface area contributed by atoms with Crippen LogP contribution in [-0.2, 0) is 0 Å². The van der Waals surface area contributed by atoms with Gasteiger partial charge in [0, 0.05) is 22.0 Å². The molecule has 140 valence electrons. The van der Waals surface area contributed by atoms with Crippen molar-refractivity contribution in [2.45, 2.75) is 0 Å². The highest BCUT2D eigenvalue weighted by atomic mass is 16.1. The lowest BCUT2D eigenvalue weighted by atomic mass is 10.1. The summed E-state index contributed by atoms with van der Waals surface area (Å²) < 4.78 is 0. The van der Waals surface area contributed by atoms with Gasteiger partial charge in [-0.3, -0.25) is 9.89 Å². The molecule has 5 aromatic rings. The number of para-hydroxylation sites is 3. The molecular weight excluding hydrogens is 360 g/mol. The first-order valence-electron chi connectivity index (χ1n) is 9.37. The zero-order chi connectivity index (χ0) is 19.6. The Morgan fingerprint density at radius 1 is 0.862 bits per heavy atom. The summed E-state index contributed by atoms with van der Waals surface area (Å²) in [5.74, 6) is -0.174. The van der Waals surface area contributed by atoms with Crippen LogP contribution in [-0.4, -0.2) is 21.1 Å². The van der Waals surface area contributed by atoms with Crippen molar-refractivity contribution >= 4 is 45.6 Å². The van der Waals surface area contributed by atoms with Gasteiger partial charge < -0.3 is 10.3 Å². The number of fused-ring (bicyclic) bond motifs is 2. The van der Waals surface area contributed by atoms with Gasteiger partial charge in [-0.05, 0) is 35.9 Å². The number of rotatable bonds is 4. The molecule has 5 heteroatoms. The minimum atomic E-state index is -0.174. The molecule has 0 radical (unpaired) electrons. The van der Waals surface area contributed by atoms with Gasteiger partial charge in [-0.25, -0.2) is 0 Å². The van der Waals surface area contributed by atoms with Crippen LogP contribution in [0.1, 0.15) is 21.7 Å². The van der Waals surface area contributed by atoms with E-state index in [9.17, 15) is 4.79 Å². The molecule has 3 aromatic carbocycles. The van der Waals surface area contributed by atoms with Gasteiger partial charge in [0.15, 0.2) is 0 Å². The Labute approximate surface area is 167 Å². The van der Waals surface area contributed by atoms with Crippen LogP contribution in [0.5, 0.6) is 0 Å². The molecular formula is C24H18N4O. The van der Waals surface area contributed by atoms with E-state index in [0.29, 0.717) is 5.69 Å². The Bertz CT molecular complexity index is 1330. The highest BCUT2D eigenvalue weighted by Crippen LogP contribution is 2.22. The Balaban J connectivity index is 1.42. The number of amides is 1. The van der Waals surface area contributed by atoms with Gasteiger partial charge in [-0.15, -0.1) is 0 Å². The van der Waals surface area contributed by atoms with Crippen molar-refractivity contribution in [1.29, 1.82) is 0 Å². The standard InChI is InChI=1S/C24H18N4O/c29-24(23-15-17-8-2-5-11-20(17)25-23)26-19-10-4-1-7-16(19)13-14-22-18-9-3-6-12-21(18)27-28-22/h1-15,25H,(H,26,29)(H,27,28)/b14-13+. The number of hydrogen-bond donors (Lipinski definition) is 3. The number of hydrogen-bond acceptors (Lipinski definition) is 2. The van der Waals surface area contributed by atoms with Crippen LogP contribution in [0.25, 0.3) is 34.0 Å². The number of H-pyrrole nitrogens is 2. The fourth-order valence-electron chi connectivity index (χ4n) is 3.42. The van der Waals surface area contributed by atoms with Gasteiger partial charge in [0.1, 0.15) is 5.69 Å². The second kappa shape index (κ2) is 7.13. The molecule has 29 heavy (non-hydrogen) atoms. The molecule has 0 unspecified atom stereocenters. The van der Waals surface area contributed by atoms with E-state index in [1.807, 2.05) is 91.0 Å². The highest BCUT2D eigenvalue weighted by molar-refractivity contribution is 6.07. The van der Waals surface area contributed by atoms with Crippen LogP contribution >= 0.6 is 0 Å². The number of carbonyl (C=O) groups excluding carboxylic acids is 1. The lowest BCUT2D eigenvalue weighted by molar-refractivity contribution is 0.102. The van der Waals surface area contributed by atoms with Gasteiger partial charge >= 0.3 is 0 Å². The van der Waals surface area contributed by atoms with Crippen LogP contribution in [0.2, 0.25) is 0 Å². The largest absolute Gasteiger partial charge is 0.351 e. The number of nitrogens with one attached hydrogen (secondary N) is 3. The van der Waals surface area contributed by atoms with Gasteiger partial charge in [0.05, 0.1) is 11.2 Å². The third-order valence-corrected chi connectivity index (χ3v) is 4.90. The van der Waals surface area contributed by atoms with E-state index in [0.717, 1.165) is 38.8 Å². The molecule has 3 N–H and O–H groups in total. The summed E-state index contributed by atoms with van der Waals surface area (Å²) in [5, 5.41) is 12.5. The molecule has 0 aliphatic rings. The fourth-order valence-corrected chi connectivity index (χ4v) is 3.42. The Kier molecular flexibility index (Phi) is 4.18. The van der Waals surface area contributed by atoms with Crippen molar-refractivity contribution in [3.63, 3.8) is 0 Å². The summed E-state index contributed by atoms with van der Waals surface area (Å²) in [6.45, 7) is 0. The van der Waals surface area contributed by atoms with Crippen molar-refractivity contribution in [1.82, 2.24) is 15.2 Å². The highest BCUT2D eigenvalue weighted by Gasteiger charge is 2.11. The number of benzene rings is 3. The van der Waals surface area contributed by atoms with E-state index < -0.39 is 0 Å². The van der Waals surface area contributed by atoms with Crippen LogP contribution in [0.3, 0.4) is 0 Å². The Hall–Kier alpha value is -4.12. The Morgan fingerprint density at radius 3 is 2.52 bits per heavy atom. The zero-order valence-corrected chi connectivity index (χ0v) is 15.5. The quantitative estimate of drug-likeness (QED) is 0.388. The molecule has 1 amide bonds. The summed E-state index contributed by atoms with van der Waals surface area (Å²) in [7, 11) is 0. The second-order valence-electron chi connectivity index (χ2n) is 6.80. The van der Waals surface area contributed by atoms with E-state index in [4.69, 9.17) is 0 Å². The summed E-state index contributed by atoms with van der Waals surface area (Å²) in [5.41, 5.74) is 4.97. The van der Waals surface area contributed by atoms with Crippen molar-refractivity contribution in [3.8, 4) is 0 Å². The fraction of sp³-hybridized carbons (Fsp3) is 0. The van der Waals surface area contributed by atoms with Crippen LogP contribution in [0.4, 0.5) is 5.69 Å². The zero-order valence-electron chi connectivity index (χ0n) is 15.5. The molecule has 0 aliphatic carbocycles. The molecule has 0 saturated heterocycles. The number of carbonyl (C=O) groups is 1. The van der Waals surface area contributed by atoms with Gasteiger partial charge in [0.2, 0.25) is 0 Å². The van der Waals surface area contributed by atoms with Gasteiger partial charge in [0.25, 0.3) is 5.91 Å². The smallest absolute Gasteiger partial charge is 0.272 e. The molecule has 0 atom stereocenters. The molecule has 2 heterocycles. The van der Waals surface area contributed by atoms with Crippen LogP contribution < -0.4 is 5.32 Å². The van der Waals surface area contributed by atoms with Gasteiger partial charge in [-0.2, -0.15) is 5.10 Å². The lowest BCUT2D eigenvalue weighted by Crippen LogP contribution is -2.12. The average molecular weight is 378 g/mol. The first kappa shape index (κ1) is 17.0. The van der Waals surface area contributed by atoms with Crippen molar-refractivity contribution in [2.75, 3.05) is 5.32 Å². The maximum atomic E-state index is 12.8. The minimum absolute atomic E-state index is 0.174. The first-order valence-corrected chi connectivity index (χ1v) is 9.37. The maximum absolute atomic E-state index is 12.8. The van der Waals surface area contributed by atoms with Crippen LogP contribution in [0, 0.1) is 0 Å². The number of aromatic amines is 2. The number of aromatic nitrogens is 3. The summed E-state index contributed by atoms with van der Waals surface area (Å²) in [6, 6.07) is 25.4. The van der Waals surface area contributed by atoms with E-state index in [1.165, 1.54) is 0 Å². The monoisotopic (exact) mass is 378 g/mol. The van der Waals surface area contributed by atoms with E-state index in [1.54, 1.807) is 0 Å². The van der Waals surface area contributed by atoms with E-state index in [-0.39, 0.29) is 5.91 Å². The molecule has 2 aromatic heterocycles. The molecule has 0 spiro atoms. The van der Waals surface area contributed by atoms with Crippen molar-refractivity contribution in [2.24, 2.45) is 0 Å². The summed E-state index contributed by atoms with van der Waals surface area (Å²) >= 11 is 0. The molecule has 5 nitrogen and oxygen atoms in total. The van der Waals surface area contributed by atoms with Crippen molar-refractivity contribution < 1.29 is 4.79 Å². The summed E-state index contributed by atoms with van der Waals surface area (Å²) in [4.78, 5) is 15.9. The van der Waals surface area contributed by atoms with Crippen molar-refractivity contribution in [3.05, 3.63) is 95.8 Å².